The number of ether oxygens (including phenoxy) is 1. The van der Waals surface area contributed by atoms with Gasteiger partial charge in [0.15, 0.2) is 0 Å². The third kappa shape index (κ3) is 2.25. The molecule has 0 radical (unpaired) electrons. The molecule has 1 aliphatic carbocycles. The lowest BCUT2D eigenvalue weighted by Gasteiger charge is -2.57. The Morgan fingerprint density at radius 3 is 2.45 bits per heavy atom. The predicted molar refractivity (Wildman–Crippen MR) is 83.7 cm³/mol. The van der Waals surface area contributed by atoms with Gasteiger partial charge >= 0.3 is 0 Å². The van der Waals surface area contributed by atoms with Crippen molar-refractivity contribution in [2.24, 2.45) is 5.92 Å². The summed E-state index contributed by atoms with van der Waals surface area (Å²) in [5.74, 6) is -0.0517. The molecule has 1 heterocycles. The average Bonchev–Trinajstić information content (AvgIpc) is 2.56. The molecule has 1 aromatic rings. The molecule has 5 nitrogen and oxygen atoms in total. The van der Waals surface area contributed by atoms with Gasteiger partial charge in [-0.3, -0.25) is 9.59 Å². The van der Waals surface area contributed by atoms with Gasteiger partial charge in [0.05, 0.1) is 12.6 Å². The molecule has 0 aromatic heterocycles. The summed E-state index contributed by atoms with van der Waals surface area (Å²) in [6.45, 7) is 0. The summed E-state index contributed by atoms with van der Waals surface area (Å²) in [6.07, 6.45) is 5.22. The van der Waals surface area contributed by atoms with Gasteiger partial charge in [0.1, 0.15) is 11.7 Å². The quantitative estimate of drug-likeness (QED) is 0.689. The molecule has 1 N–H and O–H groups in total. The van der Waals surface area contributed by atoms with Gasteiger partial charge in [-0.05, 0) is 37.1 Å². The van der Waals surface area contributed by atoms with Crippen molar-refractivity contribution in [3.05, 3.63) is 24.3 Å². The van der Waals surface area contributed by atoms with Crippen molar-refractivity contribution in [1.29, 1.82) is 0 Å². The number of amides is 2. The number of anilines is 1. The van der Waals surface area contributed by atoms with Gasteiger partial charge in [-0.1, -0.05) is 19.3 Å². The summed E-state index contributed by atoms with van der Waals surface area (Å²) in [6, 6.07) is 7.16. The summed E-state index contributed by atoms with van der Waals surface area (Å²) in [7, 11) is 3.42. The zero-order chi connectivity index (χ0) is 15.7. The Morgan fingerprint density at radius 2 is 1.86 bits per heavy atom. The van der Waals surface area contributed by atoms with Crippen LogP contribution in [0, 0.1) is 5.92 Å². The first-order valence-corrected chi connectivity index (χ1v) is 7.81. The van der Waals surface area contributed by atoms with Gasteiger partial charge in [-0.15, -0.1) is 0 Å². The van der Waals surface area contributed by atoms with E-state index in [1.165, 1.54) is 6.42 Å². The normalized spacial score (nSPS) is 23.1. The summed E-state index contributed by atoms with van der Waals surface area (Å²) in [5.41, 5.74) is 0.436. The molecule has 118 valence electrons. The van der Waals surface area contributed by atoms with E-state index >= 15 is 0 Å². The molecule has 22 heavy (non-hydrogen) atoms. The van der Waals surface area contributed by atoms with Crippen molar-refractivity contribution in [2.75, 3.05) is 19.5 Å². The average molecular weight is 302 g/mol. The Labute approximate surface area is 130 Å². The number of carbonyl (C=O) groups is 2. The van der Waals surface area contributed by atoms with Crippen LogP contribution < -0.4 is 10.1 Å². The highest BCUT2D eigenvalue weighted by molar-refractivity contribution is 6.11. The Morgan fingerprint density at radius 1 is 1.23 bits per heavy atom. The van der Waals surface area contributed by atoms with E-state index in [0.29, 0.717) is 5.69 Å². The molecule has 2 amide bonds. The van der Waals surface area contributed by atoms with E-state index in [-0.39, 0.29) is 17.4 Å². The number of likely N-dealkylation sites (tertiary alicyclic amines) is 1. The molecule has 1 saturated heterocycles. The van der Waals surface area contributed by atoms with Crippen LogP contribution in [0.25, 0.3) is 0 Å². The first-order valence-electron chi connectivity index (χ1n) is 7.81. The van der Waals surface area contributed by atoms with Crippen molar-refractivity contribution in [1.82, 2.24) is 4.90 Å². The van der Waals surface area contributed by atoms with E-state index < -0.39 is 5.92 Å². The standard InChI is InChI=1S/C17H22N2O3/c1-19-16(21)14(17(19)10-4-3-5-11-17)15(20)18-12-6-8-13(22-2)9-7-12/h6-9,14H,3-5,10-11H2,1-2H3,(H,18,20). The number of nitrogens with zero attached hydrogens (tertiary/aromatic N) is 1. The smallest absolute Gasteiger partial charge is 0.239 e. The molecular weight excluding hydrogens is 280 g/mol. The second-order valence-electron chi connectivity index (χ2n) is 6.21. The van der Waals surface area contributed by atoms with Crippen LogP contribution in [-0.4, -0.2) is 36.4 Å². The maximum absolute atomic E-state index is 12.6. The summed E-state index contributed by atoms with van der Waals surface area (Å²) in [5, 5.41) is 2.88. The van der Waals surface area contributed by atoms with Crippen molar-refractivity contribution in [2.45, 2.75) is 37.6 Å². The van der Waals surface area contributed by atoms with Crippen LogP contribution >= 0.6 is 0 Å². The van der Waals surface area contributed by atoms with E-state index in [0.717, 1.165) is 31.4 Å². The molecular formula is C17H22N2O3. The van der Waals surface area contributed by atoms with Crippen LogP contribution in [0.3, 0.4) is 0 Å². The molecule has 1 aliphatic heterocycles. The van der Waals surface area contributed by atoms with E-state index in [9.17, 15) is 9.59 Å². The van der Waals surface area contributed by atoms with Crippen molar-refractivity contribution in [3.8, 4) is 5.75 Å². The minimum absolute atomic E-state index is 0.0621. The summed E-state index contributed by atoms with van der Waals surface area (Å²) >= 11 is 0. The maximum Gasteiger partial charge on any atom is 0.239 e. The summed E-state index contributed by atoms with van der Waals surface area (Å²) < 4.78 is 5.10. The molecule has 1 spiro atoms. The highest BCUT2D eigenvalue weighted by Gasteiger charge is 2.61. The Bertz CT molecular complexity index is 576. The highest BCUT2D eigenvalue weighted by Crippen LogP contribution is 2.47. The molecule has 1 atom stereocenters. The number of benzene rings is 1. The number of nitrogens with one attached hydrogen (secondary N) is 1. The lowest BCUT2D eigenvalue weighted by atomic mass is 9.64. The zero-order valence-corrected chi connectivity index (χ0v) is 13.1. The topological polar surface area (TPSA) is 58.6 Å². The van der Waals surface area contributed by atoms with Crippen molar-refractivity contribution in [3.63, 3.8) is 0 Å². The molecule has 3 rings (SSSR count). The second kappa shape index (κ2) is 5.63. The Balaban J connectivity index is 1.74. The number of methoxy groups -OCH3 is 1. The number of hydrogen-bond acceptors (Lipinski definition) is 3. The molecule has 1 unspecified atom stereocenters. The summed E-state index contributed by atoms with van der Waals surface area (Å²) in [4.78, 5) is 26.6. The van der Waals surface area contributed by atoms with Crippen molar-refractivity contribution < 1.29 is 14.3 Å². The van der Waals surface area contributed by atoms with Gasteiger partial charge in [0.25, 0.3) is 0 Å². The van der Waals surface area contributed by atoms with Crippen LogP contribution in [0.4, 0.5) is 5.69 Å². The van der Waals surface area contributed by atoms with Gasteiger partial charge < -0.3 is 15.0 Å². The fourth-order valence-corrected chi connectivity index (χ4v) is 3.80. The van der Waals surface area contributed by atoms with Crippen LogP contribution in [0.5, 0.6) is 5.75 Å². The first kappa shape index (κ1) is 14.9. The molecule has 1 saturated carbocycles. The molecule has 2 aliphatic rings. The minimum atomic E-state index is -0.542. The van der Waals surface area contributed by atoms with Gasteiger partial charge in [0, 0.05) is 12.7 Å². The number of rotatable bonds is 3. The molecule has 5 heteroatoms. The zero-order valence-electron chi connectivity index (χ0n) is 13.1. The lowest BCUT2D eigenvalue weighted by molar-refractivity contribution is -0.174. The SMILES string of the molecule is COc1ccc(NC(=O)C2C(=O)N(C)C23CCCCC3)cc1. The van der Waals surface area contributed by atoms with Crippen LogP contribution in [0.1, 0.15) is 32.1 Å². The fourth-order valence-electron chi connectivity index (χ4n) is 3.80. The Hall–Kier alpha value is -2.04. The van der Waals surface area contributed by atoms with Crippen LogP contribution in [0.2, 0.25) is 0 Å². The molecule has 1 aromatic carbocycles. The van der Waals surface area contributed by atoms with Crippen LogP contribution in [0.15, 0.2) is 24.3 Å². The van der Waals surface area contributed by atoms with E-state index in [1.807, 2.05) is 7.05 Å². The largest absolute Gasteiger partial charge is 0.497 e. The van der Waals surface area contributed by atoms with E-state index in [1.54, 1.807) is 36.3 Å². The van der Waals surface area contributed by atoms with Crippen molar-refractivity contribution >= 4 is 17.5 Å². The fraction of sp³-hybridized carbons (Fsp3) is 0.529. The number of β-lactam (4-membered cyclic amide) rings is 1. The van der Waals surface area contributed by atoms with Crippen LogP contribution in [-0.2, 0) is 9.59 Å². The van der Waals surface area contributed by atoms with Gasteiger partial charge in [-0.2, -0.15) is 0 Å². The minimum Gasteiger partial charge on any atom is -0.497 e. The third-order valence-corrected chi connectivity index (χ3v) is 5.12. The highest BCUT2D eigenvalue weighted by atomic mass is 16.5. The van der Waals surface area contributed by atoms with E-state index in [4.69, 9.17) is 4.74 Å². The monoisotopic (exact) mass is 302 g/mol. The predicted octanol–water partition coefficient (Wildman–Crippen LogP) is 2.42. The molecule has 0 bridgehead atoms. The second-order valence-corrected chi connectivity index (χ2v) is 6.21. The maximum atomic E-state index is 12.6. The van der Waals surface area contributed by atoms with E-state index in [2.05, 4.69) is 5.32 Å². The van der Waals surface area contributed by atoms with Gasteiger partial charge in [0.2, 0.25) is 11.8 Å². The molecule has 2 fully saturated rings. The first-order chi connectivity index (χ1) is 10.6. The number of hydrogen-bond donors (Lipinski definition) is 1. The van der Waals surface area contributed by atoms with Gasteiger partial charge in [-0.25, -0.2) is 0 Å². The number of carbonyl (C=O) groups excluding carboxylic acids is 2. The Kier molecular flexibility index (Phi) is 3.81. The third-order valence-electron chi connectivity index (χ3n) is 5.12. The lowest BCUT2D eigenvalue weighted by Crippen LogP contribution is -2.72.